The summed E-state index contributed by atoms with van der Waals surface area (Å²) in [5.74, 6) is -1.05. The van der Waals surface area contributed by atoms with Crippen molar-refractivity contribution >= 4 is 12.0 Å². The number of carbonyl (C=O) groups excluding carboxylic acids is 1. The largest absolute Gasteiger partial charge is 0.480 e. The Bertz CT molecular complexity index is 286. The lowest BCUT2D eigenvalue weighted by Gasteiger charge is -2.30. The third-order valence-corrected chi connectivity index (χ3v) is 2.64. The lowest BCUT2D eigenvalue weighted by molar-refractivity contribution is -0.142. The first-order valence-corrected chi connectivity index (χ1v) is 6.13. The highest BCUT2D eigenvalue weighted by atomic mass is 16.4. The van der Waals surface area contributed by atoms with Crippen LogP contribution in [0.5, 0.6) is 0 Å². The predicted octanol–water partition coefficient (Wildman–Crippen LogP) is 0.900. The smallest absolute Gasteiger partial charge is 0.326 e. The standard InChI is InChI=1S/C12H24N2O4/c1-5-14(7-6-8-15)11(18)13-9(10(16)17)12(2,3)4/h9,15H,5-8H2,1-4H3,(H,13,18)(H,16,17). The summed E-state index contributed by atoms with van der Waals surface area (Å²) in [7, 11) is 0. The normalized spacial score (nSPS) is 12.9. The highest BCUT2D eigenvalue weighted by molar-refractivity contribution is 5.83. The van der Waals surface area contributed by atoms with E-state index in [0.717, 1.165) is 0 Å². The van der Waals surface area contributed by atoms with Crippen LogP contribution in [0.3, 0.4) is 0 Å². The average Bonchev–Trinajstić information content (AvgIpc) is 2.24. The van der Waals surface area contributed by atoms with Crippen molar-refractivity contribution in [3.63, 3.8) is 0 Å². The number of rotatable bonds is 6. The van der Waals surface area contributed by atoms with Crippen LogP contribution in [-0.2, 0) is 4.79 Å². The molecule has 18 heavy (non-hydrogen) atoms. The molecule has 6 nitrogen and oxygen atoms in total. The summed E-state index contributed by atoms with van der Waals surface area (Å²) in [6, 6.07) is -1.35. The van der Waals surface area contributed by atoms with Crippen LogP contribution in [0.4, 0.5) is 4.79 Å². The van der Waals surface area contributed by atoms with Crippen LogP contribution in [0.25, 0.3) is 0 Å². The molecule has 0 aliphatic heterocycles. The van der Waals surface area contributed by atoms with Gasteiger partial charge in [0.1, 0.15) is 6.04 Å². The molecule has 0 aliphatic rings. The summed E-state index contributed by atoms with van der Waals surface area (Å²) in [6.07, 6.45) is 0.481. The Morgan fingerprint density at radius 1 is 1.33 bits per heavy atom. The average molecular weight is 260 g/mol. The molecule has 0 spiro atoms. The summed E-state index contributed by atoms with van der Waals surface area (Å²) < 4.78 is 0. The van der Waals surface area contributed by atoms with Crippen LogP contribution in [0.1, 0.15) is 34.1 Å². The molecule has 0 radical (unpaired) electrons. The van der Waals surface area contributed by atoms with Crippen molar-refractivity contribution in [2.24, 2.45) is 5.41 Å². The van der Waals surface area contributed by atoms with Gasteiger partial charge in [-0.25, -0.2) is 9.59 Å². The number of aliphatic hydroxyl groups excluding tert-OH is 1. The minimum absolute atomic E-state index is 0.00537. The van der Waals surface area contributed by atoms with Gasteiger partial charge < -0.3 is 20.4 Å². The molecule has 0 saturated heterocycles. The summed E-state index contributed by atoms with van der Waals surface area (Å²) in [4.78, 5) is 24.5. The van der Waals surface area contributed by atoms with E-state index in [1.807, 2.05) is 6.92 Å². The highest BCUT2D eigenvalue weighted by Gasteiger charge is 2.33. The molecule has 106 valence electrons. The summed E-state index contributed by atoms with van der Waals surface area (Å²) in [5.41, 5.74) is -0.558. The van der Waals surface area contributed by atoms with Crippen molar-refractivity contribution < 1.29 is 19.8 Å². The van der Waals surface area contributed by atoms with E-state index >= 15 is 0 Å². The first-order chi connectivity index (χ1) is 8.23. The molecule has 0 aromatic heterocycles. The third-order valence-electron chi connectivity index (χ3n) is 2.64. The Kier molecular flexibility index (Phi) is 6.68. The molecule has 0 aliphatic carbocycles. The Morgan fingerprint density at radius 3 is 2.22 bits per heavy atom. The van der Waals surface area contributed by atoms with Crippen molar-refractivity contribution in [2.75, 3.05) is 19.7 Å². The van der Waals surface area contributed by atoms with Crippen molar-refractivity contribution in [1.29, 1.82) is 0 Å². The zero-order valence-corrected chi connectivity index (χ0v) is 11.6. The predicted molar refractivity (Wildman–Crippen MR) is 68.4 cm³/mol. The number of nitrogens with zero attached hydrogens (tertiary/aromatic N) is 1. The number of carboxylic acids is 1. The monoisotopic (exact) mass is 260 g/mol. The quantitative estimate of drug-likeness (QED) is 0.662. The van der Waals surface area contributed by atoms with Gasteiger partial charge in [-0.15, -0.1) is 0 Å². The number of carbonyl (C=O) groups is 2. The van der Waals surface area contributed by atoms with Crippen LogP contribution in [-0.4, -0.2) is 52.9 Å². The topological polar surface area (TPSA) is 89.9 Å². The van der Waals surface area contributed by atoms with E-state index < -0.39 is 23.5 Å². The van der Waals surface area contributed by atoms with Gasteiger partial charge in [-0.05, 0) is 18.8 Å². The first kappa shape index (κ1) is 16.7. The molecule has 2 amide bonds. The van der Waals surface area contributed by atoms with Gasteiger partial charge in [-0.3, -0.25) is 0 Å². The molecule has 0 aromatic rings. The second kappa shape index (κ2) is 7.20. The minimum atomic E-state index is -1.05. The van der Waals surface area contributed by atoms with Crippen LogP contribution in [0.15, 0.2) is 0 Å². The fourth-order valence-electron chi connectivity index (χ4n) is 1.53. The minimum Gasteiger partial charge on any atom is -0.480 e. The fourth-order valence-corrected chi connectivity index (χ4v) is 1.53. The van der Waals surface area contributed by atoms with Gasteiger partial charge in [0.25, 0.3) is 0 Å². The fraction of sp³-hybridized carbons (Fsp3) is 0.833. The van der Waals surface area contributed by atoms with Crippen molar-refractivity contribution in [3.05, 3.63) is 0 Å². The number of aliphatic carboxylic acids is 1. The summed E-state index contributed by atoms with van der Waals surface area (Å²) in [5, 5.41) is 20.4. The molecule has 1 atom stereocenters. The second-order valence-corrected chi connectivity index (χ2v) is 5.24. The first-order valence-electron chi connectivity index (χ1n) is 6.13. The van der Waals surface area contributed by atoms with E-state index in [2.05, 4.69) is 5.32 Å². The lowest BCUT2D eigenvalue weighted by atomic mass is 9.87. The SMILES string of the molecule is CCN(CCCO)C(=O)NC(C(=O)O)C(C)(C)C. The molecule has 0 rings (SSSR count). The number of urea groups is 1. The Labute approximate surface area is 108 Å². The van der Waals surface area contributed by atoms with Gasteiger partial charge >= 0.3 is 12.0 Å². The molecular weight excluding hydrogens is 236 g/mol. The maximum absolute atomic E-state index is 11.9. The van der Waals surface area contributed by atoms with Crippen LogP contribution < -0.4 is 5.32 Å². The number of carboxylic acid groups (broad SMARTS) is 1. The maximum atomic E-state index is 11.9. The van der Waals surface area contributed by atoms with Crippen molar-refractivity contribution in [2.45, 2.75) is 40.2 Å². The molecule has 0 bridgehead atoms. The van der Waals surface area contributed by atoms with Gasteiger partial charge in [0.05, 0.1) is 0 Å². The van der Waals surface area contributed by atoms with E-state index in [9.17, 15) is 9.59 Å². The van der Waals surface area contributed by atoms with Crippen LogP contribution in [0.2, 0.25) is 0 Å². The molecule has 1 unspecified atom stereocenters. The van der Waals surface area contributed by atoms with Crippen LogP contribution in [0, 0.1) is 5.41 Å². The lowest BCUT2D eigenvalue weighted by Crippen LogP contribution is -2.53. The van der Waals surface area contributed by atoms with Crippen molar-refractivity contribution in [3.8, 4) is 0 Å². The number of amides is 2. The maximum Gasteiger partial charge on any atom is 0.326 e. The molecule has 0 fully saturated rings. The molecular formula is C12H24N2O4. The van der Waals surface area contributed by atoms with Gasteiger partial charge in [-0.2, -0.15) is 0 Å². The number of hydrogen-bond acceptors (Lipinski definition) is 3. The third kappa shape index (κ3) is 5.35. The second-order valence-electron chi connectivity index (χ2n) is 5.24. The Balaban J connectivity index is 4.62. The summed E-state index contributed by atoms with van der Waals surface area (Å²) in [6.45, 7) is 7.98. The summed E-state index contributed by atoms with van der Waals surface area (Å²) >= 11 is 0. The Morgan fingerprint density at radius 2 is 1.89 bits per heavy atom. The van der Waals surface area contributed by atoms with Gasteiger partial charge in [-0.1, -0.05) is 20.8 Å². The molecule has 0 heterocycles. The highest BCUT2D eigenvalue weighted by Crippen LogP contribution is 2.19. The number of aliphatic hydroxyl groups is 1. The molecule has 6 heteroatoms. The van der Waals surface area contributed by atoms with E-state index in [1.54, 1.807) is 20.8 Å². The van der Waals surface area contributed by atoms with E-state index in [1.165, 1.54) is 4.90 Å². The Hall–Kier alpha value is -1.30. The zero-order valence-electron chi connectivity index (χ0n) is 11.6. The number of hydrogen-bond donors (Lipinski definition) is 3. The van der Waals surface area contributed by atoms with Gasteiger partial charge in [0.15, 0.2) is 0 Å². The van der Waals surface area contributed by atoms with Crippen LogP contribution >= 0.6 is 0 Å². The zero-order chi connectivity index (χ0) is 14.3. The molecule has 0 aromatic carbocycles. The van der Waals surface area contributed by atoms with Gasteiger partial charge in [0, 0.05) is 19.7 Å². The van der Waals surface area contributed by atoms with E-state index in [-0.39, 0.29) is 6.61 Å². The molecule has 3 N–H and O–H groups in total. The van der Waals surface area contributed by atoms with Crippen molar-refractivity contribution in [1.82, 2.24) is 10.2 Å². The van der Waals surface area contributed by atoms with E-state index in [4.69, 9.17) is 10.2 Å². The van der Waals surface area contributed by atoms with E-state index in [0.29, 0.717) is 19.5 Å². The molecule has 0 saturated carbocycles. The number of nitrogens with one attached hydrogen (secondary N) is 1. The van der Waals surface area contributed by atoms with Gasteiger partial charge in [0.2, 0.25) is 0 Å².